The summed E-state index contributed by atoms with van der Waals surface area (Å²) in [6.45, 7) is 3.88. The molecule has 1 amide bonds. The van der Waals surface area contributed by atoms with Crippen LogP contribution in [-0.2, 0) is 4.79 Å². The van der Waals surface area contributed by atoms with Crippen LogP contribution in [0.15, 0.2) is 23.2 Å². The summed E-state index contributed by atoms with van der Waals surface area (Å²) in [5.41, 5.74) is 6.01. The maximum absolute atomic E-state index is 11.6. The van der Waals surface area contributed by atoms with Crippen LogP contribution >= 0.6 is 23.2 Å². The predicted molar refractivity (Wildman–Crippen MR) is 72.9 cm³/mol. The molecule has 2 rings (SSSR count). The number of hydrazine groups is 1. The molecule has 0 aromatic heterocycles. The lowest BCUT2D eigenvalue weighted by Gasteiger charge is -2.25. The third-order valence-corrected chi connectivity index (χ3v) is 3.22. The van der Waals surface area contributed by atoms with E-state index in [1.54, 1.807) is 18.2 Å². The Kier molecular flexibility index (Phi) is 3.78. The van der Waals surface area contributed by atoms with Crippen LogP contribution in [0.25, 0.3) is 0 Å². The minimum atomic E-state index is -0.420. The molecule has 0 spiro atoms. The zero-order valence-corrected chi connectivity index (χ0v) is 11.5. The van der Waals surface area contributed by atoms with Gasteiger partial charge in [0.2, 0.25) is 0 Å². The molecule has 0 aliphatic carbocycles. The van der Waals surface area contributed by atoms with Crippen LogP contribution in [0.3, 0.4) is 0 Å². The number of aliphatic imine (C=N–C) groups is 1. The first kappa shape index (κ1) is 13.2. The average Bonchev–Trinajstić information content (AvgIpc) is 2.33. The van der Waals surface area contributed by atoms with Gasteiger partial charge in [0.15, 0.2) is 0 Å². The van der Waals surface area contributed by atoms with Gasteiger partial charge in [0, 0.05) is 10.6 Å². The summed E-state index contributed by atoms with van der Waals surface area (Å²) in [5.74, 6) is 0.493. The van der Waals surface area contributed by atoms with Gasteiger partial charge >= 0.3 is 0 Å². The molecular weight excluding hydrogens is 273 g/mol. The summed E-state index contributed by atoms with van der Waals surface area (Å²) in [4.78, 5) is 16.0. The predicted octanol–water partition coefficient (Wildman–Crippen LogP) is 2.40. The molecule has 1 aromatic rings. The second-order valence-corrected chi connectivity index (χ2v) is 5.25. The third kappa shape index (κ3) is 2.60. The van der Waals surface area contributed by atoms with Gasteiger partial charge < -0.3 is 0 Å². The van der Waals surface area contributed by atoms with E-state index in [1.165, 1.54) is 0 Å². The fourth-order valence-corrected chi connectivity index (χ4v) is 2.07. The number of benzene rings is 1. The highest BCUT2D eigenvalue weighted by Gasteiger charge is 2.27. The normalized spacial score (nSPS) is 19.3. The van der Waals surface area contributed by atoms with E-state index in [0.29, 0.717) is 21.4 Å². The van der Waals surface area contributed by atoms with Crippen LogP contribution in [0.1, 0.15) is 19.4 Å². The van der Waals surface area contributed by atoms with Gasteiger partial charge in [-0.15, -0.1) is 0 Å². The Hall–Kier alpha value is -1.26. The van der Waals surface area contributed by atoms with Crippen molar-refractivity contribution in [1.29, 1.82) is 0 Å². The molecule has 0 saturated carbocycles. The highest BCUT2D eigenvalue weighted by atomic mass is 35.5. The Labute approximate surface area is 115 Å². The molecule has 1 aliphatic rings. The second kappa shape index (κ2) is 5.16. The van der Waals surface area contributed by atoms with Crippen LogP contribution in [0.2, 0.25) is 10.0 Å². The van der Waals surface area contributed by atoms with Crippen LogP contribution in [0.4, 0.5) is 0 Å². The first-order chi connectivity index (χ1) is 8.49. The number of halogens is 2. The summed E-state index contributed by atoms with van der Waals surface area (Å²) < 4.78 is 0. The van der Waals surface area contributed by atoms with Crippen molar-refractivity contribution in [2.45, 2.75) is 19.9 Å². The first-order valence-electron chi connectivity index (χ1n) is 5.58. The highest BCUT2D eigenvalue weighted by molar-refractivity contribution is 6.36. The molecule has 96 valence electrons. The quantitative estimate of drug-likeness (QED) is 0.877. The number of amidine groups is 1. The number of carbonyl (C=O) groups is 1. The molecule has 4 nitrogen and oxygen atoms in total. The van der Waals surface area contributed by atoms with Crippen molar-refractivity contribution in [3.63, 3.8) is 0 Å². The number of hydrogen-bond donors (Lipinski definition) is 2. The fraction of sp³-hybridized carbons (Fsp3) is 0.333. The molecule has 6 heteroatoms. The van der Waals surface area contributed by atoms with Crippen LogP contribution in [0, 0.1) is 5.92 Å². The van der Waals surface area contributed by atoms with Gasteiger partial charge in [-0.05, 0) is 24.1 Å². The van der Waals surface area contributed by atoms with Crippen molar-refractivity contribution in [2.24, 2.45) is 10.9 Å². The van der Waals surface area contributed by atoms with Crippen LogP contribution < -0.4 is 10.9 Å². The molecule has 1 atom stereocenters. The van der Waals surface area contributed by atoms with Gasteiger partial charge in [-0.2, -0.15) is 0 Å². The van der Waals surface area contributed by atoms with E-state index < -0.39 is 6.04 Å². The number of carbonyl (C=O) groups excluding carboxylic acids is 1. The Morgan fingerprint density at radius 1 is 1.28 bits per heavy atom. The summed E-state index contributed by atoms with van der Waals surface area (Å²) in [7, 11) is 0. The number of rotatable bonds is 2. The number of hydrogen-bond acceptors (Lipinski definition) is 3. The van der Waals surface area contributed by atoms with Gasteiger partial charge in [-0.25, -0.2) is 0 Å². The van der Waals surface area contributed by atoms with E-state index >= 15 is 0 Å². The van der Waals surface area contributed by atoms with E-state index in [4.69, 9.17) is 23.2 Å². The third-order valence-electron chi connectivity index (χ3n) is 2.66. The van der Waals surface area contributed by atoms with E-state index in [1.807, 2.05) is 13.8 Å². The molecule has 1 aromatic carbocycles. The van der Waals surface area contributed by atoms with Crippen LogP contribution in [0.5, 0.6) is 0 Å². The molecule has 1 aliphatic heterocycles. The fourth-order valence-electron chi connectivity index (χ4n) is 1.69. The topological polar surface area (TPSA) is 53.5 Å². The second-order valence-electron chi connectivity index (χ2n) is 4.40. The van der Waals surface area contributed by atoms with E-state index in [-0.39, 0.29) is 11.8 Å². The van der Waals surface area contributed by atoms with Crippen molar-refractivity contribution in [1.82, 2.24) is 10.9 Å². The number of amides is 1. The maximum atomic E-state index is 11.6. The minimum Gasteiger partial charge on any atom is -0.282 e. The van der Waals surface area contributed by atoms with Gasteiger partial charge in [0.05, 0.1) is 5.02 Å². The van der Waals surface area contributed by atoms with Gasteiger partial charge in [-0.3, -0.25) is 20.6 Å². The lowest BCUT2D eigenvalue weighted by Crippen LogP contribution is -2.52. The maximum Gasteiger partial charge on any atom is 0.263 e. The first-order valence-corrected chi connectivity index (χ1v) is 6.33. The smallest absolute Gasteiger partial charge is 0.263 e. The van der Waals surface area contributed by atoms with Crippen molar-refractivity contribution < 1.29 is 4.79 Å². The van der Waals surface area contributed by atoms with Gasteiger partial charge in [0.25, 0.3) is 5.91 Å². The highest BCUT2D eigenvalue weighted by Crippen LogP contribution is 2.22. The summed E-state index contributed by atoms with van der Waals surface area (Å²) in [5, 5.41) is 1.10. The Bertz CT molecular complexity index is 514. The monoisotopic (exact) mass is 285 g/mol. The van der Waals surface area contributed by atoms with Gasteiger partial charge in [0.1, 0.15) is 11.9 Å². The zero-order chi connectivity index (χ0) is 13.3. The average molecular weight is 286 g/mol. The molecular formula is C12H13Cl2N3O. The standard InChI is InChI=1S/C12H13Cl2N3O/c1-6(2)10-12(18)17-16-11(15-10)8-5-7(13)3-4-9(8)14/h3-6,10H,1-2H3,(H,15,16)(H,17,18). The number of nitrogens with zero attached hydrogens (tertiary/aromatic N) is 1. The molecule has 18 heavy (non-hydrogen) atoms. The van der Waals surface area contributed by atoms with Crippen molar-refractivity contribution in [3.8, 4) is 0 Å². The molecule has 1 heterocycles. The molecule has 0 saturated heterocycles. The molecule has 0 bridgehead atoms. The molecule has 2 N–H and O–H groups in total. The molecule has 1 unspecified atom stereocenters. The SMILES string of the molecule is CC(C)C1N=C(c2cc(Cl)ccc2Cl)NNC1=O. The Morgan fingerprint density at radius 3 is 2.67 bits per heavy atom. The summed E-state index contributed by atoms with van der Waals surface area (Å²) in [6, 6.07) is 4.70. The number of nitrogens with one attached hydrogen (secondary N) is 2. The van der Waals surface area contributed by atoms with E-state index in [9.17, 15) is 4.79 Å². The summed E-state index contributed by atoms with van der Waals surface area (Å²) in [6.07, 6.45) is 0. The molecule has 0 radical (unpaired) electrons. The van der Waals surface area contributed by atoms with Crippen molar-refractivity contribution >= 4 is 34.9 Å². The largest absolute Gasteiger partial charge is 0.282 e. The van der Waals surface area contributed by atoms with E-state index in [0.717, 1.165) is 0 Å². The van der Waals surface area contributed by atoms with Crippen molar-refractivity contribution in [3.05, 3.63) is 33.8 Å². The summed E-state index contributed by atoms with van der Waals surface area (Å²) >= 11 is 12.0. The lowest BCUT2D eigenvalue weighted by molar-refractivity contribution is -0.124. The molecule has 0 fully saturated rings. The van der Waals surface area contributed by atoms with E-state index in [2.05, 4.69) is 15.8 Å². The Balaban J connectivity index is 2.41. The lowest BCUT2D eigenvalue weighted by atomic mass is 10.0. The van der Waals surface area contributed by atoms with Gasteiger partial charge in [-0.1, -0.05) is 37.0 Å². The zero-order valence-electron chi connectivity index (χ0n) is 10.00. The minimum absolute atomic E-state index is 0.111. The van der Waals surface area contributed by atoms with Crippen molar-refractivity contribution in [2.75, 3.05) is 0 Å². The Morgan fingerprint density at radius 2 is 2.00 bits per heavy atom. The van der Waals surface area contributed by atoms with Crippen LogP contribution in [-0.4, -0.2) is 17.8 Å².